The molecule has 2 amide bonds. The van der Waals surface area contributed by atoms with Gasteiger partial charge >= 0.3 is 0 Å². The quantitative estimate of drug-likeness (QED) is 0.513. The molecule has 1 atom stereocenters. The maximum atomic E-state index is 13.6. The van der Waals surface area contributed by atoms with Crippen LogP contribution in [0.2, 0.25) is 0 Å². The van der Waals surface area contributed by atoms with Crippen molar-refractivity contribution in [3.8, 4) is 0 Å². The van der Waals surface area contributed by atoms with Crippen LogP contribution in [0.1, 0.15) is 48.9 Å². The Hall–Kier alpha value is -2.24. The number of halogens is 2. The van der Waals surface area contributed by atoms with Gasteiger partial charge in [0.1, 0.15) is 17.7 Å². The standard InChI is InChI=1S/C17H22F2N2O2/c1-2-3-4-5-6-7-8-15(16(20)22)21-17(23)13-10-9-12(18)11-14(13)19/h2,9-11,15H,1,3-8H2,(H2,20,22)(H,21,23)/t15-/m1/s1. The van der Waals surface area contributed by atoms with Gasteiger partial charge in [0.05, 0.1) is 5.56 Å². The zero-order valence-electron chi connectivity index (χ0n) is 13.0. The second-order valence-corrected chi connectivity index (χ2v) is 5.33. The van der Waals surface area contributed by atoms with E-state index in [1.165, 1.54) is 0 Å². The molecule has 1 aromatic carbocycles. The number of hydrogen-bond donors (Lipinski definition) is 2. The van der Waals surface area contributed by atoms with Crippen molar-refractivity contribution >= 4 is 11.8 Å². The number of carbonyl (C=O) groups is 2. The maximum Gasteiger partial charge on any atom is 0.254 e. The molecule has 1 rings (SSSR count). The van der Waals surface area contributed by atoms with Crippen LogP contribution in [0.25, 0.3) is 0 Å². The number of hydrogen-bond acceptors (Lipinski definition) is 2. The molecule has 4 nitrogen and oxygen atoms in total. The van der Waals surface area contributed by atoms with Gasteiger partial charge in [0.15, 0.2) is 0 Å². The van der Waals surface area contributed by atoms with E-state index in [0.29, 0.717) is 12.5 Å². The van der Waals surface area contributed by atoms with Crippen molar-refractivity contribution in [3.05, 3.63) is 48.1 Å². The normalized spacial score (nSPS) is 11.7. The van der Waals surface area contributed by atoms with Crippen molar-refractivity contribution in [2.45, 2.75) is 44.6 Å². The van der Waals surface area contributed by atoms with Crippen molar-refractivity contribution in [2.75, 3.05) is 0 Å². The lowest BCUT2D eigenvalue weighted by Gasteiger charge is -2.15. The third-order valence-corrected chi connectivity index (χ3v) is 3.48. The summed E-state index contributed by atoms with van der Waals surface area (Å²) in [5.41, 5.74) is 4.95. The molecule has 0 aliphatic carbocycles. The third-order valence-electron chi connectivity index (χ3n) is 3.48. The summed E-state index contributed by atoms with van der Waals surface area (Å²) in [7, 11) is 0. The summed E-state index contributed by atoms with van der Waals surface area (Å²) in [5, 5.41) is 2.40. The second-order valence-electron chi connectivity index (χ2n) is 5.33. The summed E-state index contributed by atoms with van der Waals surface area (Å²) in [6.45, 7) is 3.64. The van der Waals surface area contributed by atoms with Gasteiger partial charge in [0.25, 0.3) is 5.91 Å². The number of carbonyl (C=O) groups excluding carboxylic acids is 2. The van der Waals surface area contributed by atoms with Gasteiger partial charge in [-0.25, -0.2) is 8.78 Å². The van der Waals surface area contributed by atoms with E-state index in [4.69, 9.17) is 5.73 Å². The number of rotatable bonds is 10. The van der Waals surface area contributed by atoms with Gasteiger partial charge in [-0.1, -0.05) is 25.3 Å². The van der Waals surface area contributed by atoms with Crippen molar-refractivity contribution in [1.29, 1.82) is 0 Å². The van der Waals surface area contributed by atoms with Gasteiger partial charge in [-0.15, -0.1) is 6.58 Å². The molecular formula is C17H22F2N2O2. The Bertz CT molecular complexity index is 562. The summed E-state index contributed by atoms with van der Waals surface area (Å²) >= 11 is 0. The highest BCUT2D eigenvalue weighted by Crippen LogP contribution is 2.11. The number of unbranched alkanes of at least 4 members (excludes halogenated alkanes) is 4. The predicted molar refractivity (Wildman–Crippen MR) is 84.7 cm³/mol. The Morgan fingerprint density at radius 1 is 1.22 bits per heavy atom. The van der Waals surface area contributed by atoms with Gasteiger partial charge in [0.2, 0.25) is 5.91 Å². The van der Waals surface area contributed by atoms with Crippen LogP contribution in [0.5, 0.6) is 0 Å². The van der Waals surface area contributed by atoms with Gasteiger partial charge in [-0.2, -0.15) is 0 Å². The number of benzene rings is 1. The van der Waals surface area contributed by atoms with E-state index in [1.807, 2.05) is 6.08 Å². The zero-order chi connectivity index (χ0) is 17.2. The number of nitrogens with two attached hydrogens (primary N) is 1. The first-order valence-corrected chi connectivity index (χ1v) is 7.62. The zero-order valence-corrected chi connectivity index (χ0v) is 13.0. The van der Waals surface area contributed by atoms with E-state index in [2.05, 4.69) is 11.9 Å². The molecule has 0 bridgehead atoms. The topological polar surface area (TPSA) is 72.2 Å². The Morgan fingerprint density at radius 3 is 2.52 bits per heavy atom. The second kappa shape index (κ2) is 9.71. The van der Waals surface area contributed by atoms with E-state index in [1.54, 1.807) is 0 Å². The summed E-state index contributed by atoms with van der Waals surface area (Å²) in [4.78, 5) is 23.4. The van der Waals surface area contributed by atoms with E-state index >= 15 is 0 Å². The number of allylic oxidation sites excluding steroid dienone is 1. The van der Waals surface area contributed by atoms with E-state index in [9.17, 15) is 18.4 Å². The Balaban J connectivity index is 2.53. The first-order valence-electron chi connectivity index (χ1n) is 7.62. The molecule has 0 radical (unpaired) electrons. The lowest BCUT2D eigenvalue weighted by molar-refractivity contribution is -0.120. The van der Waals surface area contributed by atoms with Gasteiger partial charge in [0, 0.05) is 6.07 Å². The molecular weight excluding hydrogens is 302 g/mol. The largest absolute Gasteiger partial charge is 0.368 e. The molecule has 23 heavy (non-hydrogen) atoms. The van der Waals surface area contributed by atoms with Crippen LogP contribution >= 0.6 is 0 Å². The third kappa shape index (κ3) is 6.59. The Labute approximate surface area is 134 Å². The molecule has 0 saturated heterocycles. The molecule has 0 fully saturated rings. The highest BCUT2D eigenvalue weighted by Gasteiger charge is 2.20. The van der Waals surface area contributed by atoms with Crippen molar-refractivity contribution < 1.29 is 18.4 Å². The number of nitrogens with one attached hydrogen (secondary N) is 1. The van der Waals surface area contributed by atoms with Crippen LogP contribution in [-0.4, -0.2) is 17.9 Å². The van der Waals surface area contributed by atoms with Crippen LogP contribution in [0, 0.1) is 11.6 Å². The maximum absolute atomic E-state index is 13.6. The fourth-order valence-electron chi connectivity index (χ4n) is 2.19. The van der Waals surface area contributed by atoms with Crippen LogP contribution in [0.4, 0.5) is 8.78 Å². The lowest BCUT2D eigenvalue weighted by atomic mass is 10.0. The Morgan fingerprint density at radius 2 is 1.91 bits per heavy atom. The molecule has 6 heteroatoms. The molecule has 0 saturated carbocycles. The molecule has 0 spiro atoms. The Kier molecular flexibility index (Phi) is 7.94. The molecule has 0 heterocycles. The predicted octanol–water partition coefficient (Wildman–Crippen LogP) is 3.08. The van der Waals surface area contributed by atoms with Crippen LogP contribution in [-0.2, 0) is 4.79 Å². The van der Waals surface area contributed by atoms with E-state index in [-0.39, 0.29) is 5.56 Å². The molecule has 0 unspecified atom stereocenters. The summed E-state index contributed by atoms with van der Waals surface area (Å²) in [5.74, 6) is -3.20. The minimum Gasteiger partial charge on any atom is -0.368 e. The van der Waals surface area contributed by atoms with Gasteiger partial charge < -0.3 is 11.1 Å². The van der Waals surface area contributed by atoms with Gasteiger partial charge in [-0.3, -0.25) is 9.59 Å². The van der Waals surface area contributed by atoms with Gasteiger partial charge in [-0.05, 0) is 31.4 Å². The van der Waals surface area contributed by atoms with Crippen LogP contribution in [0.3, 0.4) is 0 Å². The molecule has 0 aliphatic heterocycles. The lowest BCUT2D eigenvalue weighted by Crippen LogP contribution is -2.44. The summed E-state index contributed by atoms with van der Waals surface area (Å²) in [6.07, 6.45) is 6.83. The van der Waals surface area contributed by atoms with Crippen LogP contribution in [0.15, 0.2) is 30.9 Å². The number of amides is 2. The number of primary amides is 1. The van der Waals surface area contributed by atoms with Crippen molar-refractivity contribution in [1.82, 2.24) is 5.32 Å². The SMILES string of the molecule is C=CCCCCCC[C@@H](NC(=O)c1ccc(F)cc1F)C(N)=O. The first-order chi connectivity index (χ1) is 11.0. The molecule has 126 valence electrons. The first kappa shape index (κ1) is 18.8. The average molecular weight is 324 g/mol. The summed E-state index contributed by atoms with van der Waals surface area (Å²) in [6, 6.07) is 1.77. The highest BCUT2D eigenvalue weighted by molar-refractivity contribution is 5.97. The van der Waals surface area contributed by atoms with Crippen LogP contribution < -0.4 is 11.1 Å². The average Bonchev–Trinajstić information content (AvgIpc) is 2.49. The minimum atomic E-state index is -0.977. The highest BCUT2D eigenvalue weighted by atomic mass is 19.1. The monoisotopic (exact) mass is 324 g/mol. The van der Waals surface area contributed by atoms with Crippen molar-refractivity contribution in [2.24, 2.45) is 5.73 Å². The fraction of sp³-hybridized carbons (Fsp3) is 0.412. The van der Waals surface area contributed by atoms with Crippen molar-refractivity contribution in [3.63, 3.8) is 0 Å². The van der Waals surface area contributed by atoms with E-state index in [0.717, 1.165) is 44.2 Å². The molecule has 0 aromatic heterocycles. The smallest absolute Gasteiger partial charge is 0.254 e. The van der Waals surface area contributed by atoms with E-state index < -0.39 is 29.5 Å². The summed E-state index contributed by atoms with van der Waals surface area (Å²) < 4.78 is 26.4. The molecule has 1 aromatic rings. The molecule has 3 N–H and O–H groups in total. The molecule has 0 aliphatic rings. The fourth-order valence-corrected chi connectivity index (χ4v) is 2.19. The minimum absolute atomic E-state index is 0.316.